The summed E-state index contributed by atoms with van der Waals surface area (Å²) in [6, 6.07) is 18.5. The van der Waals surface area contributed by atoms with Gasteiger partial charge in [0.05, 0.1) is 17.4 Å². The van der Waals surface area contributed by atoms with Gasteiger partial charge in [-0.1, -0.05) is 89.8 Å². The van der Waals surface area contributed by atoms with Crippen LogP contribution in [0.25, 0.3) is 22.5 Å². The first-order chi connectivity index (χ1) is 23.5. The third kappa shape index (κ3) is 9.53. The third-order valence-electron chi connectivity index (χ3n) is 8.72. The standard InChI is InChI=1S/C39H46N4O5S/c1-5-6-7-8-9-20-48-31-16-14-27(15-17-31)29-22-40-35(41-23-29)28-12-10-26(11-13-28)21-32(37(45)43-24-30(25-43)38(46)47)42-36(44)33-18-19-34(49-33)39(2,3)4/h10-19,22-23,30,32H,5-9,20-21,24-25H2,1-4H3,(H,42,44)(H,46,47). The molecule has 1 fully saturated rings. The minimum absolute atomic E-state index is 0.0958. The molecule has 258 valence electrons. The molecule has 2 aromatic heterocycles. The van der Waals surface area contributed by atoms with Gasteiger partial charge in [-0.2, -0.15) is 0 Å². The molecule has 1 atom stereocenters. The summed E-state index contributed by atoms with van der Waals surface area (Å²) in [5.74, 6) is -0.679. The fourth-order valence-corrected chi connectivity index (χ4v) is 6.59. The summed E-state index contributed by atoms with van der Waals surface area (Å²) in [5, 5.41) is 12.2. The number of nitrogens with zero attached hydrogens (tertiary/aromatic N) is 3. The van der Waals surface area contributed by atoms with Crippen LogP contribution >= 0.6 is 11.3 Å². The fraction of sp³-hybridized carbons (Fsp3) is 0.410. The van der Waals surface area contributed by atoms with Crippen LogP contribution in [0.5, 0.6) is 5.75 Å². The Morgan fingerprint density at radius 3 is 2.16 bits per heavy atom. The lowest BCUT2D eigenvalue weighted by Crippen LogP contribution is -2.59. The highest BCUT2D eigenvalue weighted by molar-refractivity contribution is 7.14. The smallest absolute Gasteiger partial charge is 0.310 e. The summed E-state index contributed by atoms with van der Waals surface area (Å²) in [6.07, 6.45) is 9.89. The largest absolute Gasteiger partial charge is 0.494 e. The van der Waals surface area contributed by atoms with Crippen LogP contribution < -0.4 is 10.1 Å². The van der Waals surface area contributed by atoms with Gasteiger partial charge >= 0.3 is 5.97 Å². The number of nitrogens with one attached hydrogen (secondary N) is 1. The monoisotopic (exact) mass is 682 g/mol. The summed E-state index contributed by atoms with van der Waals surface area (Å²) >= 11 is 1.41. The van der Waals surface area contributed by atoms with E-state index >= 15 is 0 Å². The average molecular weight is 683 g/mol. The fourth-order valence-electron chi connectivity index (χ4n) is 5.62. The van der Waals surface area contributed by atoms with Crippen LogP contribution in [0.2, 0.25) is 0 Å². The maximum absolute atomic E-state index is 13.5. The zero-order valence-corrected chi connectivity index (χ0v) is 29.6. The summed E-state index contributed by atoms with van der Waals surface area (Å²) in [7, 11) is 0. The van der Waals surface area contributed by atoms with Crippen LogP contribution in [0.1, 0.15) is 79.9 Å². The molecule has 0 aliphatic carbocycles. The molecule has 0 saturated carbocycles. The molecule has 2 aromatic carbocycles. The second-order valence-electron chi connectivity index (χ2n) is 13.7. The normalized spacial score (nSPS) is 13.8. The number of ether oxygens (including phenoxy) is 1. The summed E-state index contributed by atoms with van der Waals surface area (Å²) < 4.78 is 5.89. The quantitative estimate of drug-likeness (QED) is 0.125. The molecule has 49 heavy (non-hydrogen) atoms. The van der Waals surface area contributed by atoms with Crippen molar-refractivity contribution in [2.45, 2.75) is 77.7 Å². The molecule has 1 aliphatic heterocycles. The second-order valence-corrected chi connectivity index (χ2v) is 14.8. The Morgan fingerprint density at radius 1 is 0.898 bits per heavy atom. The van der Waals surface area contributed by atoms with Gasteiger partial charge in [0.15, 0.2) is 5.82 Å². The van der Waals surface area contributed by atoms with Crippen molar-refractivity contribution in [2.24, 2.45) is 5.92 Å². The van der Waals surface area contributed by atoms with Gasteiger partial charge in [0.2, 0.25) is 5.91 Å². The molecule has 10 heteroatoms. The highest BCUT2D eigenvalue weighted by atomic mass is 32.1. The Morgan fingerprint density at radius 2 is 1.55 bits per heavy atom. The van der Waals surface area contributed by atoms with E-state index in [4.69, 9.17) is 4.74 Å². The SMILES string of the molecule is CCCCCCCOc1ccc(-c2cnc(-c3ccc(CC(NC(=O)c4ccc(C(C)(C)C)s4)C(=O)N4CC(C(=O)O)C4)cc3)nc2)cc1. The molecule has 0 spiro atoms. The molecule has 2 N–H and O–H groups in total. The second kappa shape index (κ2) is 16.2. The summed E-state index contributed by atoms with van der Waals surface area (Å²) in [6.45, 7) is 9.48. The number of aromatic nitrogens is 2. The van der Waals surface area contributed by atoms with E-state index in [0.717, 1.165) is 45.9 Å². The van der Waals surface area contributed by atoms with Crippen LogP contribution in [0, 0.1) is 5.92 Å². The Balaban J connectivity index is 1.21. The van der Waals surface area contributed by atoms with Gasteiger partial charge in [0.1, 0.15) is 11.8 Å². The van der Waals surface area contributed by atoms with E-state index in [2.05, 4.69) is 43.0 Å². The molecular weight excluding hydrogens is 637 g/mol. The number of amides is 2. The third-order valence-corrected chi connectivity index (χ3v) is 10.2. The molecule has 1 saturated heterocycles. The van der Waals surface area contributed by atoms with E-state index in [1.54, 1.807) is 18.5 Å². The number of likely N-dealkylation sites (tertiary alicyclic amines) is 1. The van der Waals surface area contributed by atoms with Gasteiger partial charge < -0.3 is 20.1 Å². The highest BCUT2D eigenvalue weighted by Crippen LogP contribution is 2.30. The summed E-state index contributed by atoms with van der Waals surface area (Å²) in [5.41, 5.74) is 3.48. The van der Waals surface area contributed by atoms with Crippen molar-refractivity contribution >= 4 is 29.1 Å². The lowest BCUT2D eigenvalue weighted by Gasteiger charge is -2.38. The number of carboxylic acid groups (broad SMARTS) is 1. The van der Waals surface area contributed by atoms with Gasteiger partial charge in [-0.05, 0) is 47.2 Å². The summed E-state index contributed by atoms with van der Waals surface area (Å²) in [4.78, 5) is 50.4. The Hall–Kier alpha value is -4.57. The molecule has 0 radical (unpaired) electrons. The predicted octanol–water partition coefficient (Wildman–Crippen LogP) is 7.40. The van der Waals surface area contributed by atoms with Gasteiger partial charge in [0.25, 0.3) is 5.91 Å². The Bertz CT molecular complexity index is 1710. The molecular formula is C39H46N4O5S. The number of benzene rings is 2. The Kier molecular flexibility index (Phi) is 11.8. The lowest BCUT2D eigenvalue weighted by molar-refractivity contribution is -0.153. The number of unbranched alkanes of at least 4 members (excludes halogenated alkanes) is 4. The molecule has 2 amide bonds. The predicted molar refractivity (Wildman–Crippen MR) is 193 cm³/mol. The van der Waals surface area contributed by atoms with Crippen molar-refractivity contribution in [3.05, 3.63) is 88.4 Å². The first-order valence-corrected chi connectivity index (χ1v) is 17.9. The number of aliphatic carboxylic acids is 1. The number of hydrogen-bond acceptors (Lipinski definition) is 7. The van der Waals surface area contributed by atoms with E-state index in [-0.39, 0.29) is 36.7 Å². The van der Waals surface area contributed by atoms with Crippen molar-refractivity contribution < 1.29 is 24.2 Å². The maximum atomic E-state index is 13.5. The van der Waals surface area contributed by atoms with Crippen LogP contribution in [-0.2, 0) is 21.4 Å². The van der Waals surface area contributed by atoms with Gasteiger partial charge in [-0.25, -0.2) is 9.97 Å². The molecule has 3 heterocycles. The minimum Gasteiger partial charge on any atom is -0.494 e. The Labute approximate surface area is 292 Å². The molecule has 1 aliphatic rings. The minimum atomic E-state index is -0.921. The molecule has 9 nitrogen and oxygen atoms in total. The van der Waals surface area contributed by atoms with E-state index in [1.165, 1.54) is 41.9 Å². The lowest BCUT2D eigenvalue weighted by atomic mass is 9.95. The molecule has 0 bridgehead atoms. The zero-order valence-electron chi connectivity index (χ0n) is 28.8. The van der Waals surface area contributed by atoms with Crippen molar-refractivity contribution in [1.29, 1.82) is 0 Å². The van der Waals surface area contributed by atoms with Crippen LogP contribution in [0.4, 0.5) is 0 Å². The molecule has 4 aromatic rings. The van der Waals surface area contributed by atoms with Crippen LogP contribution in [0.3, 0.4) is 0 Å². The first-order valence-electron chi connectivity index (χ1n) is 17.1. The highest BCUT2D eigenvalue weighted by Gasteiger charge is 2.39. The molecule has 5 rings (SSSR count). The van der Waals surface area contributed by atoms with E-state index in [0.29, 0.717) is 10.7 Å². The van der Waals surface area contributed by atoms with Crippen LogP contribution in [0.15, 0.2) is 73.1 Å². The van der Waals surface area contributed by atoms with Crippen molar-refractivity contribution in [3.8, 4) is 28.3 Å². The van der Waals surface area contributed by atoms with E-state index < -0.39 is 17.9 Å². The first kappa shape index (κ1) is 35.7. The van der Waals surface area contributed by atoms with Gasteiger partial charge in [-0.3, -0.25) is 14.4 Å². The number of rotatable bonds is 15. The van der Waals surface area contributed by atoms with Gasteiger partial charge in [-0.15, -0.1) is 11.3 Å². The van der Waals surface area contributed by atoms with Crippen molar-refractivity contribution in [1.82, 2.24) is 20.2 Å². The van der Waals surface area contributed by atoms with Crippen LogP contribution in [-0.4, -0.2) is 63.5 Å². The molecule has 1 unspecified atom stereocenters. The number of carboxylic acids is 1. The van der Waals surface area contributed by atoms with E-state index in [1.807, 2.05) is 54.6 Å². The number of hydrogen-bond donors (Lipinski definition) is 2. The number of carbonyl (C=O) groups excluding carboxylic acids is 2. The maximum Gasteiger partial charge on any atom is 0.310 e. The zero-order chi connectivity index (χ0) is 35.0. The number of carbonyl (C=O) groups is 3. The van der Waals surface area contributed by atoms with Gasteiger partial charge in [0, 0.05) is 47.9 Å². The van der Waals surface area contributed by atoms with Crippen molar-refractivity contribution in [3.63, 3.8) is 0 Å². The topological polar surface area (TPSA) is 122 Å². The van der Waals surface area contributed by atoms with Crippen molar-refractivity contribution in [2.75, 3.05) is 19.7 Å². The average Bonchev–Trinajstić information content (AvgIpc) is 3.58. The number of thiophene rings is 1. The van der Waals surface area contributed by atoms with E-state index in [9.17, 15) is 19.5 Å².